The number of benzene rings is 1. The summed E-state index contributed by atoms with van der Waals surface area (Å²) >= 11 is 5.53. The Morgan fingerprint density at radius 2 is 1.91 bits per heavy atom. The molecule has 2 aromatic rings. The van der Waals surface area contributed by atoms with Gasteiger partial charge in [-0.1, -0.05) is 0 Å². The van der Waals surface area contributed by atoms with Crippen LogP contribution in [0, 0.1) is 18.3 Å². The van der Waals surface area contributed by atoms with E-state index in [4.69, 9.17) is 22.2 Å². The molecule has 3 rings (SSSR count). The molecular formula is C24H25F3N4O3S. The quantitative estimate of drug-likeness (QED) is 0.583. The molecule has 1 aliphatic rings. The van der Waals surface area contributed by atoms with E-state index in [1.807, 2.05) is 6.92 Å². The normalized spacial score (nSPS) is 16.0. The van der Waals surface area contributed by atoms with Crippen LogP contribution in [0.2, 0.25) is 0 Å². The number of ether oxygens (including phenoxy) is 1. The molecular weight excluding hydrogens is 481 g/mol. The lowest BCUT2D eigenvalue weighted by molar-refractivity contribution is -0.137. The third-order valence-corrected chi connectivity index (χ3v) is 6.01. The van der Waals surface area contributed by atoms with Gasteiger partial charge in [0, 0.05) is 18.8 Å². The Kier molecular flexibility index (Phi) is 6.85. The van der Waals surface area contributed by atoms with Crippen molar-refractivity contribution in [2.75, 3.05) is 11.5 Å². The first-order valence-corrected chi connectivity index (χ1v) is 11.1. The van der Waals surface area contributed by atoms with Gasteiger partial charge in [-0.2, -0.15) is 18.4 Å². The van der Waals surface area contributed by atoms with Gasteiger partial charge in [-0.05, 0) is 76.2 Å². The minimum atomic E-state index is -4.77. The highest BCUT2D eigenvalue weighted by atomic mass is 32.1. The van der Waals surface area contributed by atoms with Crippen molar-refractivity contribution in [1.29, 1.82) is 5.26 Å². The molecule has 2 heterocycles. The second-order valence-corrected chi connectivity index (χ2v) is 9.82. The highest BCUT2D eigenvalue weighted by Crippen LogP contribution is 2.38. The summed E-state index contributed by atoms with van der Waals surface area (Å²) in [6.45, 7) is 8.56. The zero-order chi connectivity index (χ0) is 26.3. The Morgan fingerprint density at radius 3 is 2.46 bits per heavy atom. The number of anilines is 1. The van der Waals surface area contributed by atoms with Crippen molar-refractivity contribution >= 4 is 28.9 Å². The highest BCUT2D eigenvalue weighted by molar-refractivity contribution is 7.80. The lowest BCUT2D eigenvalue weighted by atomic mass is 10.0. The van der Waals surface area contributed by atoms with Crippen LogP contribution >= 0.6 is 12.2 Å². The first kappa shape index (κ1) is 26.4. The van der Waals surface area contributed by atoms with Crippen LogP contribution in [0.15, 0.2) is 30.5 Å². The lowest BCUT2D eigenvalue weighted by Gasteiger charge is -2.30. The van der Waals surface area contributed by atoms with E-state index >= 15 is 0 Å². The highest BCUT2D eigenvalue weighted by Gasteiger charge is 2.50. The number of aliphatic hydroxyl groups is 1. The van der Waals surface area contributed by atoms with E-state index in [9.17, 15) is 23.1 Å². The fourth-order valence-electron chi connectivity index (χ4n) is 3.56. The van der Waals surface area contributed by atoms with Crippen molar-refractivity contribution in [1.82, 2.24) is 9.88 Å². The van der Waals surface area contributed by atoms with Gasteiger partial charge in [0.15, 0.2) is 5.11 Å². The Balaban J connectivity index is 1.91. The maximum absolute atomic E-state index is 13.5. The molecule has 186 valence electrons. The van der Waals surface area contributed by atoms with E-state index in [0.717, 1.165) is 28.2 Å². The summed E-state index contributed by atoms with van der Waals surface area (Å²) in [5, 5.41) is 18.9. The molecule has 1 fully saturated rings. The number of carbonyl (C=O) groups is 1. The number of pyridine rings is 1. The average molecular weight is 507 g/mol. The molecule has 1 aromatic heterocycles. The van der Waals surface area contributed by atoms with Gasteiger partial charge in [0.25, 0.3) is 5.91 Å². The first-order valence-electron chi connectivity index (χ1n) is 10.6. The smallest absolute Gasteiger partial charge is 0.417 e. The number of hydrogen-bond donors (Lipinski definition) is 1. The number of rotatable bonds is 6. The molecule has 0 radical (unpaired) electrons. The minimum Gasteiger partial charge on any atom is -0.475 e. The SMILES string of the molecule is Cc1cc(OCC(C)(C)O)ncc1CN1C(=S)N(c2ccc(C#N)c(C(F)(F)F)c2)C(=O)C1(C)C. The van der Waals surface area contributed by atoms with Gasteiger partial charge in [0.2, 0.25) is 5.88 Å². The number of aryl methyl sites for hydroxylation is 1. The topological polar surface area (TPSA) is 89.7 Å². The number of carbonyl (C=O) groups excluding carboxylic acids is 1. The van der Waals surface area contributed by atoms with Crippen molar-refractivity contribution < 1.29 is 27.8 Å². The standard InChI is InChI=1S/C24H25F3N4O3S/c1-14-8-19(34-13-22(2,3)33)29-11-16(14)12-30-21(35)31(20(32)23(30,4)5)17-7-6-15(10-28)18(9-17)24(25,26)27/h6-9,11,33H,12-13H2,1-5H3. The van der Waals surface area contributed by atoms with E-state index in [2.05, 4.69) is 4.98 Å². The summed E-state index contributed by atoms with van der Waals surface area (Å²) in [5.41, 5.74) is -2.37. The third-order valence-electron chi connectivity index (χ3n) is 5.61. The van der Waals surface area contributed by atoms with Crippen LogP contribution in [-0.4, -0.2) is 43.8 Å². The molecule has 1 aromatic carbocycles. The van der Waals surface area contributed by atoms with Gasteiger partial charge in [0.1, 0.15) is 12.1 Å². The Bertz CT molecular complexity index is 1220. The monoisotopic (exact) mass is 506 g/mol. The van der Waals surface area contributed by atoms with Crippen molar-refractivity contribution in [2.24, 2.45) is 0 Å². The van der Waals surface area contributed by atoms with E-state index in [0.29, 0.717) is 5.88 Å². The van der Waals surface area contributed by atoms with Crippen LogP contribution in [0.25, 0.3) is 0 Å². The number of nitriles is 1. The van der Waals surface area contributed by atoms with E-state index < -0.39 is 34.4 Å². The molecule has 11 heteroatoms. The van der Waals surface area contributed by atoms with Gasteiger partial charge in [-0.15, -0.1) is 0 Å². The van der Waals surface area contributed by atoms with E-state index in [1.165, 1.54) is 12.1 Å². The summed E-state index contributed by atoms with van der Waals surface area (Å²) < 4.78 is 46.0. The van der Waals surface area contributed by atoms with Crippen LogP contribution in [0.5, 0.6) is 5.88 Å². The van der Waals surface area contributed by atoms with Crippen molar-refractivity contribution in [3.63, 3.8) is 0 Å². The second-order valence-electron chi connectivity index (χ2n) is 9.46. The maximum Gasteiger partial charge on any atom is 0.417 e. The van der Waals surface area contributed by atoms with Gasteiger partial charge >= 0.3 is 6.18 Å². The Labute approximate surface area is 206 Å². The number of alkyl halides is 3. The fourth-order valence-corrected chi connectivity index (χ4v) is 4.04. The number of hydrogen-bond acceptors (Lipinski definition) is 6. The molecule has 1 N–H and O–H groups in total. The second kappa shape index (κ2) is 9.09. The summed E-state index contributed by atoms with van der Waals surface area (Å²) in [4.78, 5) is 20.2. The van der Waals surface area contributed by atoms with Crippen molar-refractivity contribution in [3.05, 3.63) is 52.7 Å². The summed E-state index contributed by atoms with van der Waals surface area (Å²) in [6.07, 6.45) is -3.19. The predicted molar refractivity (Wildman–Crippen MR) is 127 cm³/mol. The summed E-state index contributed by atoms with van der Waals surface area (Å²) in [6, 6.07) is 6.30. The maximum atomic E-state index is 13.5. The van der Waals surface area contributed by atoms with Crippen LogP contribution in [0.1, 0.15) is 49.9 Å². The first-order chi connectivity index (χ1) is 16.1. The minimum absolute atomic E-state index is 0.0413. The Hall–Kier alpha value is -3.23. The summed E-state index contributed by atoms with van der Waals surface area (Å²) in [7, 11) is 0. The number of aromatic nitrogens is 1. The molecule has 35 heavy (non-hydrogen) atoms. The lowest BCUT2D eigenvalue weighted by Crippen LogP contribution is -2.43. The Morgan fingerprint density at radius 1 is 1.26 bits per heavy atom. The van der Waals surface area contributed by atoms with E-state index in [-0.39, 0.29) is 24.0 Å². The zero-order valence-corrected chi connectivity index (χ0v) is 20.7. The van der Waals surface area contributed by atoms with Crippen LogP contribution in [-0.2, 0) is 17.5 Å². The molecule has 1 saturated heterocycles. The van der Waals surface area contributed by atoms with Gasteiger partial charge in [-0.25, -0.2) is 4.98 Å². The molecule has 0 bridgehead atoms. The molecule has 0 aliphatic carbocycles. The number of thiocarbonyl (C=S) groups is 1. The van der Waals surface area contributed by atoms with Crippen molar-refractivity contribution in [2.45, 2.75) is 58.5 Å². The molecule has 0 saturated carbocycles. The number of halogens is 3. The van der Waals surface area contributed by atoms with Crippen LogP contribution < -0.4 is 9.64 Å². The molecule has 0 spiro atoms. The fraction of sp³-hybridized carbons (Fsp3) is 0.417. The van der Waals surface area contributed by atoms with E-state index in [1.54, 1.807) is 44.9 Å². The average Bonchev–Trinajstić information content (AvgIpc) is 2.91. The third kappa shape index (κ3) is 5.39. The predicted octanol–water partition coefficient (Wildman–Crippen LogP) is 4.34. The van der Waals surface area contributed by atoms with Crippen LogP contribution in [0.4, 0.5) is 18.9 Å². The molecule has 0 atom stereocenters. The van der Waals surface area contributed by atoms with Gasteiger partial charge in [0.05, 0.1) is 28.5 Å². The zero-order valence-electron chi connectivity index (χ0n) is 19.9. The summed E-state index contributed by atoms with van der Waals surface area (Å²) in [5.74, 6) is -0.164. The largest absolute Gasteiger partial charge is 0.475 e. The molecule has 1 aliphatic heterocycles. The van der Waals surface area contributed by atoms with Gasteiger partial charge < -0.3 is 14.7 Å². The van der Waals surface area contributed by atoms with Crippen molar-refractivity contribution in [3.8, 4) is 11.9 Å². The molecule has 0 unspecified atom stereocenters. The molecule has 7 nitrogen and oxygen atoms in total. The van der Waals surface area contributed by atoms with Gasteiger partial charge in [-0.3, -0.25) is 9.69 Å². The molecule has 1 amide bonds. The van der Waals surface area contributed by atoms with Crippen LogP contribution in [0.3, 0.4) is 0 Å². The number of amides is 1. The number of nitrogens with zero attached hydrogens (tertiary/aromatic N) is 4.